The summed E-state index contributed by atoms with van der Waals surface area (Å²) in [6.45, 7) is 0.630. The second-order valence-electron chi connectivity index (χ2n) is 6.38. The Morgan fingerprint density at radius 3 is 2.11 bits per heavy atom. The maximum Gasteiger partial charge on any atom is 0.253 e. The summed E-state index contributed by atoms with van der Waals surface area (Å²) in [6.07, 6.45) is 1.86. The minimum atomic E-state index is -1.68. The van der Waals surface area contributed by atoms with Crippen LogP contribution in [0.15, 0.2) is 30.3 Å². The zero-order chi connectivity index (χ0) is 19.4. The van der Waals surface area contributed by atoms with Crippen LogP contribution in [0.25, 0.3) is 0 Å². The lowest BCUT2D eigenvalue weighted by Crippen LogP contribution is -2.49. The van der Waals surface area contributed by atoms with Crippen molar-refractivity contribution >= 4 is 11.6 Å². The number of carbonyl (C=O) groups excluding carboxylic acids is 1. The SMILES string of the molecule is O=C(CCCc1ccccc1)N1CCN(c2c(F)c(F)nc(F)c2F)CC1. The number of aromatic nitrogens is 1. The number of piperazine rings is 1. The smallest absolute Gasteiger partial charge is 0.253 e. The highest BCUT2D eigenvalue weighted by atomic mass is 19.2. The molecule has 144 valence electrons. The Morgan fingerprint density at radius 2 is 1.52 bits per heavy atom. The number of hydrogen-bond donors (Lipinski definition) is 0. The van der Waals surface area contributed by atoms with Crippen molar-refractivity contribution in [1.82, 2.24) is 9.88 Å². The molecule has 1 fully saturated rings. The number of hydrogen-bond acceptors (Lipinski definition) is 3. The van der Waals surface area contributed by atoms with Crippen LogP contribution in [0.5, 0.6) is 0 Å². The minimum Gasteiger partial charge on any atom is -0.363 e. The van der Waals surface area contributed by atoms with Gasteiger partial charge in [0, 0.05) is 32.6 Å². The number of anilines is 1. The number of nitrogens with zero attached hydrogens (tertiary/aromatic N) is 3. The predicted molar refractivity (Wildman–Crippen MR) is 92.2 cm³/mol. The average Bonchev–Trinajstić information content (AvgIpc) is 2.68. The van der Waals surface area contributed by atoms with Crippen molar-refractivity contribution in [2.45, 2.75) is 19.3 Å². The third-order valence-corrected chi connectivity index (χ3v) is 4.62. The lowest BCUT2D eigenvalue weighted by atomic mass is 10.1. The second-order valence-corrected chi connectivity index (χ2v) is 6.38. The molecule has 0 N–H and O–H groups in total. The van der Waals surface area contributed by atoms with E-state index in [1.54, 1.807) is 4.90 Å². The van der Waals surface area contributed by atoms with Crippen LogP contribution in [0.3, 0.4) is 0 Å². The van der Waals surface area contributed by atoms with Gasteiger partial charge in [-0.05, 0) is 18.4 Å². The molecule has 1 aromatic carbocycles. The molecule has 3 rings (SSSR count). The summed E-state index contributed by atoms with van der Waals surface area (Å²) in [5, 5.41) is 0. The van der Waals surface area contributed by atoms with Crippen molar-refractivity contribution in [3.05, 3.63) is 59.4 Å². The van der Waals surface area contributed by atoms with E-state index in [2.05, 4.69) is 4.98 Å². The molecule has 1 aromatic heterocycles. The van der Waals surface area contributed by atoms with Crippen LogP contribution in [0.4, 0.5) is 23.2 Å². The molecule has 27 heavy (non-hydrogen) atoms. The maximum absolute atomic E-state index is 13.8. The summed E-state index contributed by atoms with van der Waals surface area (Å²) in [5.41, 5.74) is 0.388. The fourth-order valence-corrected chi connectivity index (χ4v) is 3.18. The van der Waals surface area contributed by atoms with Crippen LogP contribution < -0.4 is 4.90 Å². The monoisotopic (exact) mass is 381 g/mol. The average molecular weight is 381 g/mol. The summed E-state index contributed by atoms with van der Waals surface area (Å²) < 4.78 is 54.2. The number of amides is 1. The summed E-state index contributed by atoms with van der Waals surface area (Å²) in [6, 6.07) is 9.82. The van der Waals surface area contributed by atoms with Gasteiger partial charge in [0.15, 0.2) is 0 Å². The molecule has 1 aliphatic rings. The van der Waals surface area contributed by atoms with Crippen molar-refractivity contribution in [2.24, 2.45) is 0 Å². The lowest BCUT2D eigenvalue weighted by Gasteiger charge is -2.36. The van der Waals surface area contributed by atoms with Gasteiger partial charge in [-0.25, -0.2) is 0 Å². The van der Waals surface area contributed by atoms with Gasteiger partial charge in [0.05, 0.1) is 0 Å². The Morgan fingerprint density at radius 1 is 0.926 bits per heavy atom. The maximum atomic E-state index is 13.8. The molecular weight excluding hydrogens is 362 g/mol. The van der Waals surface area contributed by atoms with E-state index in [4.69, 9.17) is 0 Å². The molecule has 2 heterocycles. The van der Waals surface area contributed by atoms with Crippen molar-refractivity contribution in [3.8, 4) is 0 Å². The summed E-state index contributed by atoms with van der Waals surface area (Å²) in [7, 11) is 0. The van der Waals surface area contributed by atoms with E-state index >= 15 is 0 Å². The second kappa shape index (κ2) is 8.37. The van der Waals surface area contributed by atoms with Gasteiger partial charge in [-0.3, -0.25) is 4.79 Å². The van der Waals surface area contributed by atoms with Crippen molar-refractivity contribution in [1.29, 1.82) is 0 Å². The van der Waals surface area contributed by atoms with Crippen molar-refractivity contribution in [2.75, 3.05) is 31.1 Å². The Labute approximate surface area is 154 Å². The van der Waals surface area contributed by atoms with Gasteiger partial charge < -0.3 is 9.80 Å². The number of pyridine rings is 1. The molecule has 0 bridgehead atoms. The third-order valence-electron chi connectivity index (χ3n) is 4.62. The molecule has 1 aliphatic heterocycles. The van der Waals surface area contributed by atoms with E-state index in [-0.39, 0.29) is 32.1 Å². The molecule has 8 heteroatoms. The van der Waals surface area contributed by atoms with E-state index < -0.39 is 29.2 Å². The van der Waals surface area contributed by atoms with E-state index in [0.717, 1.165) is 12.0 Å². The van der Waals surface area contributed by atoms with E-state index in [9.17, 15) is 22.4 Å². The van der Waals surface area contributed by atoms with Crippen LogP contribution in [-0.4, -0.2) is 42.0 Å². The van der Waals surface area contributed by atoms with Gasteiger partial charge in [-0.2, -0.15) is 22.5 Å². The molecule has 0 atom stereocenters. The number of halogens is 4. The van der Waals surface area contributed by atoms with Crippen LogP contribution in [-0.2, 0) is 11.2 Å². The van der Waals surface area contributed by atoms with Gasteiger partial charge in [0.25, 0.3) is 11.9 Å². The standard InChI is InChI=1S/C19H19F4N3O/c20-15-17(16(21)19(23)24-18(15)22)26-11-9-25(10-12-26)14(27)8-4-7-13-5-2-1-3-6-13/h1-3,5-6H,4,7-12H2. The minimum absolute atomic E-state index is 0.0429. The fraction of sp³-hybridized carbons (Fsp3) is 0.368. The van der Waals surface area contributed by atoms with E-state index in [1.807, 2.05) is 30.3 Å². The normalized spacial score (nSPS) is 14.5. The van der Waals surface area contributed by atoms with Gasteiger partial charge >= 0.3 is 0 Å². The third kappa shape index (κ3) is 4.37. The van der Waals surface area contributed by atoms with Gasteiger partial charge in [0.2, 0.25) is 17.5 Å². The molecule has 0 aliphatic carbocycles. The van der Waals surface area contributed by atoms with Crippen LogP contribution in [0.1, 0.15) is 18.4 Å². The largest absolute Gasteiger partial charge is 0.363 e. The molecule has 0 radical (unpaired) electrons. The first-order valence-corrected chi connectivity index (χ1v) is 8.74. The summed E-state index contributed by atoms with van der Waals surface area (Å²) >= 11 is 0. The summed E-state index contributed by atoms with van der Waals surface area (Å²) in [5.74, 6) is -6.43. The van der Waals surface area contributed by atoms with Gasteiger partial charge in [-0.1, -0.05) is 30.3 Å². The Balaban J connectivity index is 1.54. The molecule has 4 nitrogen and oxygen atoms in total. The highest BCUT2D eigenvalue weighted by molar-refractivity contribution is 5.76. The quantitative estimate of drug-likeness (QED) is 0.589. The molecular formula is C19H19F4N3O. The molecule has 2 aromatic rings. The molecule has 0 spiro atoms. The lowest BCUT2D eigenvalue weighted by molar-refractivity contribution is -0.131. The highest BCUT2D eigenvalue weighted by Crippen LogP contribution is 2.27. The summed E-state index contributed by atoms with van der Waals surface area (Å²) in [4.78, 5) is 17.7. The topological polar surface area (TPSA) is 36.4 Å². The van der Waals surface area contributed by atoms with Gasteiger partial charge in [0.1, 0.15) is 5.69 Å². The van der Waals surface area contributed by atoms with Crippen LogP contribution in [0, 0.1) is 23.5 Å². The Bertz CT molecular complexity index is 782. The predicted octanol–water partition coefficient (Wildman–Crippen LogP) is 3.31. The number of carbonyl (C=O) groups is 1. The molecule has 1 amide bonds. The first-order chi connectivity index (χ1) is 13.0. The zero-order valence-corrected chi connectivity index (χ0v) is 14.6. The van der Waals surface area contributed by atoms with Gasteiger partial charge in [-0.15, -0.1) is 0 Å². The van der Waals surface area contributed by atoms with E-state index in [0.29, 0.717) is 12.8 Å². The van der Waals surface area contributed by atoms with Crippen LogP contribution in [0.2, 0.25) is 0 Å². The number of rotatable bonds is 5. The molecule has 1 saturated heterocycles. The molecule has 0 saturated carbocycles. The van der Waals surface area contributed by atoms with Crippen molar-refractivity contribution in [3.63, 3.8) is 0 Å². The Kier molecular flexibility index (Phi) is 5.93. The number of aryl methyl sites for hydroxylation is 1. The number of benzene rings is 1. The first kappa shape index (κ1) is 19.1. The van der Waals surface area contributed by atoms with E-state index in [1.165, 1.54) is 4.90 Å². The van der Waals surface area contributed by atoms with Crippen LogP contribution >= 0.6 is 0 Å². The zero-order valence-electron chi connectivity index (χ0n) is 14.6. The van der Waals surface area contributed by atoms with Crippen molar-refractivity contribution < 1.29 is 22.4 Å². The Hall–Kier alpha value is -2.64. The first-order valence-electron chi connectivity index (χ1n) is 8.74. The molecule has 0 unspecified atom stereocenters. The fourth-order valence-electron chi connectivity index (χ4n) is 3.18. The highest BCUT2D eigenvalue weighted by Gasteiger charge is 2.29.